The number of nitrogens with one attached hydrogen (secondary N) is 3. The number of anilines is 3. The fraction of sp³-hybridized carbons (Fsp3) is 0.542. The zero-order valence-corrected chi connectivity index (χ0v) is 22.0. The summed E-state index contributed by atoms with van der Waals surface area (Å²) in [6.07, 6.45) is -3.23. The molecule has 0 radical (unpaired) electrons. The Morgan fingerprint density at radius 3 is 2.58 bits per heavy atom. The van der Waals surface area contributed by atoms with Crippen molar-refractivity contribution in [2.75, 3.05) is 10.6 Å². The highest BCUT2D eigenvalue weighted by Crippen LogP contribution is 2.43. The largest absolute Gasteiger partial charge is 0.435 e. The molecule has 3 atom stereocenters. The summed E-state index contributed by atoms with van der Waals surface area (Å²) in [4.78, 5) is 26.8. The Balaban J connectivity index is 1.26. The van der Waals surface area contributed by atoms with Crippen LogP contribution in [0.5, 0.6) is 0 Å². The van der Waals surface area contributed by atoms with Gasteiger partial charge in [-0.2, -0.15) is 18.3 Å². The van der Waals surface area contributed by atoms with Gasteiger partial charge in [-0.3, -0.25) is 18.8 Å². The molecule has 3 aliphatic carbocycles. The average Bonchev–Trinajstić information content (AvgIpc) is 3.19. The third-order valence-electron chi connectivity index (χ3n) is 7.54. The number of carbonyl (C=O) groups is 2. The predicted molar refractivity (Wildman–Crippen MR) is 134 cm³/mol. The van der Waals surface area contributed by atoms with Crippen LogP contribution in [0.1, 0.15) is 58.2 Å². The van der Waals surface area contributed by atoms with E-state index < -0.39 is 41.9 Å². The van der Waals surface area contributed by atoms with E-state index in [9.17, 15) is 31.5 Å². The van der Waals surface area contributed by atoms with Gasteiger partial charge in [0.05, 0.1) is 11.5 Å². The molecule has 0 spiro atoms. The lowest BCUT2D eigenvalue weighted by Crippen LogP contribution is -2.45. The highest BCUT2D eigenvalue weighted by atomic mass is 32.1. The number of fused-ring (bicyclic) bond motifs is 1. The second kappa shape index (κ2) is 9.82. The van der Waals surface area contributed by atoms with Crippen LogP contribution >= 0.6 is 11.3 Å². The first-order chi connectivity index (χ1) is 19.0. The van der Waals surface area contributed by atoms with Gasteiger partial charge >= 0.3 is 6.18 Å². The molecule has 3 N–H and O–H groups in total. The molecule has 214 valence electrons. The maximum Gasteiger partial charge on any atom is 0.435 e. The smallest absolute Gasteiger partial charge is 0.349 e. The molecule has 0 bridgehead atoms. The van der Waals surface area contributed by atoms with E-state index >= 15 is 0 Å². The minimum atomic E-state index is -4.61. The molecule has 3 aromatic heterocycles. The van der Waals surface area contributed by atoms with Crippen molar-refractivity contribution in [3.63, 3.8) is 0 Å². The SMILES string of the molecule is Cn1nc(C(F)(F)F)cc1Nc1nncn1C1CCc2sc(NC(=O)[C@H]3C[C@H]3F)c(C(=O)NC3CC(F)C3)c2C1. The van der Waals surface area contributed by atoms with Crippen LogP contribution in [-0.2, 0) is 30.9 Å². The van der Waals surface area contributed by atoms with Crippen LogP contribution in [-0.4, -0.2) is 54.7 Å². The number of hydrogen-bond acceptors (Lipinski definition) is 7. The van der Waals surface area contributed by atoms with Crippen molar-refractivity contribution in [2.45, 2.75) is 69.1 Å². The van der Waals surface area contributed by atoms with Crippen LogP contribution in [0.25, 0.3) is 0 Å². The van der Waals surface area contributed by atoms with E-state index in [4.69, 9.17) is 0 Å². The van der Waals surface area contributed by atoms with Crippen molar-refractivity contribution in [1.29, 1.82) is 0 Å². The van der Waals surface area contributed by atoms with Gasteiger partial charge in [-0.25, -0.2) is 8.78 Å². The molecule has 3 aliphatic rings. The zero-order valence-electron chi connectivity index (χ0n) is 21.1. The number of nitrogens with zero attached hydrogens (tertiary/aromatic N) is 5. The van der Waals surface area contributed by atoms with Gasteiger partial charge in [-0.05, 0) is 44.1 Å². The van der Waals surface area contributed by atoms with Crippen molar-refractivity contribution in [3.05, 3.63) is 34.1 Å². The number of thiophene rings is 1. The lowest BCUT2D eigenvalue weighted by atomic mass is 9.89. The van der Waals surface area contributed by atoms with Crippen molar-refractivity contribution in [3.8, 4) is 0 Å². The fourth-order valence-electron chi connectivity index (χ4n) is 5.13. The summed E-state index contributed by atoms with van der Waals surface area (Å²) < 4.78 is 69.0. The molecule has 2 fully saturated rings. The van der Waals surface area contributed by atoms with E-state index in [0.717, 1.165) is 15.6 Å². The number of halogens is 5. The van der Waals surface area contributed by atoms with Crippen LogP contribution in [0.3, 0.4) is 0 Å². The summed E-state index contributed by atoms with van der Waals surface area (Å²) in [5, 5.41) is 20.2. The number of rotatable bonds is 7. The average molecular weight is 585 g/mol. The molecule has 0 saturated heterocycles. The summed E-state index contributed by atoms with van der Waals surface area (Å²) in [5.74, 6) is -1.39. The number of carbonyl (C=O) groups excluding carboxylic acids is 2. The van der Waals surface area contributed by atoms with Crippen molar-refractivity contribution >= 4 is 39.9 Å². The van der Waals surface area contributed by atoms with E-state index in [-0.39, 0.29) is 48.7 Å². The first-order valence-electron chi connectivity index (χ1n) is 12.8. The van der Waals surface area contributed by atoms with Crippen molar-refractivity contribution in [2.24, 2.45) is 13.0 Å². The first-order valence-corrected chi connectivity index (χ1v) is 13.6. The molecular weight excluding hydrogens is 559 g/mol. The highest BCUT2D eigenvalue weighted by molar-refractivity contribution is 7.17. The van der Waals surface area contributed by atoms with Gasteiger partial charge in [0, 0.05) is 30.1 Å². The molecule has 2 saturated carbocycles. The van der Waals surface area contributed by atoms with Crippen LogP contribution in [0.2, 0.25) is 0 Å². The predicted octanol–water partition coefficient (Wildman–Crippen LogP) is 4.09. The van der Waals surface area contributed by atoms with Crippen LogP contribution in [0.15, 0.2) is 12.4 Å². The van der Waals surface area contributed by atoms with Gasteiger partial charge in [-0.15, -0.1) is 21.5 Å². The summed E-state index contributed by atoms with van der Waals surface area (Å²) in [6, 6.07) is 0.301. The Morgan fingerprint density at radius 1 is 1.18 bits per heavy atom. The van der Waals surface area contributed by atoms with Gasteiger partial charge in [0.25, 0.3) is 5.91 Å². The quantitative estimate of drug-likeness (QED) is 0.360. The lowest BCUT2D eigenvalue weighted by molar-refractivity contribution is -0.141. The Morgan fingerprint density at radius 2 is 1.93 bits per heavy atom. The Bertz CT molecular complexity index is 1460. The topological polar surface area (TPSA) is 119 Å². The van der Waals surface area contributed by atoms with E-state index in [0.29, 0.717) is 29.8 Å². The van der Waals surface area contributed by atoms with Crippen LogP contribution in [0.4, 0.5) is 38.7 Å². The fourth-order valence-corrected chi connectivity index (χ4v) is 6.38. The molecule has 3 aromatic rings. The van der Waals surface area contributed by atoms with Crippen molar-refractivity contribution < 1.29 is 31.5 Å². The van der Waals surface area contributed by atoms with Crippen molar-refractivity contribution in [1.82, 2.24) is 29.9 Å². The van der Waals surface area contributed by atoms with Gasteiger partial charge in [0.1, 0.15) is 29.5 Å². The molecule has 6 rings (SSSR count). The van der Waals surface area contributed by atoms with Gasteiger partial charge < -0.3 is 16.0 Å². The minimum absolute atomic E-state index is 0.0663. The summed E-state index contributed by atoms with van der Waals surface area (Å²) in [7, 11) is 1.37. The number of hydrogen-bond donors (Lipinski definition) is 3. The third kappa shape index (κ3) is 5.04. The van der Waals surface area contributed by atoms with Gasteiger partial charge in [0.15, 0.2) is 5.69 Å². The molecular formula is C24H25F5N8O2S. The van der Waals surface area contributed by atoms with Crippen LogP contribution in [0, 0.1) is 5.92 Å². The molecule has 10 nitrogen and oxygen atoms in total. The number of aryl methyl sites for hydroxylation is 2. The van der Waals surface area contributed by atoms with Gasteiger partial charge in [0.2, 0.25) is 11.9 Å². The normalized spacial score (nSPS) is 25.6. The highest BCUT2D eigenvalue weighted by Gasteiger charge is 2.44. The molecule has 40 heavy (non-hydrogen) atoms. The summed E-state index contributed by atoms with van der Waals surface area (Å²) in [5.41, 5.74) is -0.0667. The first kappa shape index (κ1) is 26.7. The Labute approximate surface area is 228 Å². The third-order valence-corrected chi connectivity index (χ3v) is 8.75. The molecule has 1 unspecified atom stereocenters. The second-order valence-corrected chi connectivity index (χ2v) is 11.5. The monoisotopic (exact) mass is 584 g/mol. The van der Waals surface area contributed by atoms with Crippen LogP contribution < -0.4 is 16.0 Å². The molecule has 16 heteroatoms. The Hall–Kier alpha value is -3.56. The zero-order chi connectivity index (χ0) is 28.3. The molecule has 2 amide bonds. The molecule has 3 heterocycles. The van der Waals surface area contributed by atoms with E-state index in [1.165, 1.54) is 24.7 Å². The number of aromatic nitrogens is 5. The van der Waals surface area contributed by atoms with Gasteiger partial charge in [-0.1, -0.05) is 0 Å². The maximum absolute atomic E-state index is 13.5. The number of alkyl halides is 5. The van der Waals surface area contributed by atoms with E-state index in [1.54, 1.807) is 4.57 Å². The lowest BCUT2D eigenvalue weighted by Gasteiger charge is -2.31. The molecule has 0 aromatic carbocycles. The van der Waals surface area contributed by atoms with E-state index in [2.05, 4.69) is 31.2 Å². The summed E-state index contributed by atoms with van der Waals surface area (Å²) in [6.45, 7) is 0. The minimum Gasteiger partial charge on any atom is -0.349 e. The summed E-state index contributed by atoms with van der Waals surface area (Å²) >= 11 is 1.27. The number of amides is 2. The Kier molecular flexibility index (Phi) is 6.54. The second-order valence-electron chi connectivity index (χ2n) is 10.4. The van der Waals surface area contributed by atoms with E-state index in [1.807, 2.05) is 0 Å². The molecule has 0 aliphatic heterocycles. The standard InChI is InChI=1S/C24H25F5N8O2S/c1-36-18(8-17(35-36)24(27,28)29)32-23-34-30-9-37(23)12-2-3-16-14(6-12)19(21(39)31-11-4-10(25)5-11)22(40-16)33-20(38)13-7-15(13)26/h8-13,15H,2-7H2,1H3,(H,31,39)(H,32,34)(H,33,38)/t10?,11?,12?,13-,15+/m0/s1. The maximum atomic E-state index is 13.5.